The fourth-order valence-corrected chi connectivity index (χ4v) is 2.57. The SMILES string of the molecule is CC(N)CCc1nc(-c2cnc3ccsc3c2)no1. The molecule has 1 unspecified atom stereocenters. The maximum absolute atomic E-state index is 5.71. The number of pyridine rings is 1. The van der Waals surface area contributed by atoms with Gasteiger partial charge in [-0.1, -0.05) is 5.16 Å². The van der Waals surface area contributed by atoms with Gasteiger partial charge in [-0.3, -0.25) is 4.98 Å². The van der Waals surface area contributed by atoms with Crippen LogP contribution in [-0.2, 0) is 6.42 Å². The molecular weight excluding hydrogens is 260 g/mol. The number of rotatable bonds is 4. The molecule has 1 atom stereocenters. The molecule has 2 N–H and O–H groups in total. The van der Waals surface area contributed by atoms with Crippen LogP contribution in [0.3, 0.4) is 0 Å². The van der Waals surface area contributed by atoms with E-state index in [4.69, 9.17) is 10.3 Å². The molecule has 0 bridgehead atoms. The fourth-order valence-electron chi connectivity index (χ4n) is 1.79. The Morgan fingerprint density at radius 3 is 3.21 bits per heavy atom. The van der Waals surface area contributed by atoms with Crippen molar-refractivity contribution in [2.24, 2.45) is 5.73 Å². The molecule has 0 spiro atoms. The van der Waals surface area contributed by atoms with Crippen molar-refractivity contribution in [2.75, 3.05) is 0 Å². The van der Waals surface area contributed by atoms with Crippen LogP contribution in [0.5, 0.6) is 0 Å². The number of aromatic nitrogens is 3. The summed E-state index contributed by atoms with van der Waals surface area (Å²) in [5.74, 6) is 1.21. The van der Waals surface area contributed by atoms with E-state index in [0.717, 1.165) is 22.2 Å². The van der Waals surface area contributed by atoms with E-state index in [0.29, 0.717) is 18.1 Å². The van der Waals surface area contributed by atoms with Gasteiger partial charge in [0.1, 0.15) is 0 Å². The number of hydrogen-bond acceptors (Lipinski definition) is 6. The number of nitrogens with two attached hydrogens (primary N) is 1. The van der Waals surface area contributed by atoms with Gasteiger partial charge in [0.2, 0.25) is 11.7 Å². The van der Waals surface area contributed by atoms with Gasteiger partial charge in [-0.05, 0) is 30.9 Å². The Balaban J connectivity index is 1.85. The van der Waals surface area contributed by atoms with Gasteiger partial charge in [0.15, 0.2) is 0 Å². The van der Waals surface area contributed by atoms with Crippen LogP contribution in [0.1, 0.15) is 19.2 Å². The monoisotopic (exact) mass is 274 g/mol. The Kier molecular flexibility index (Phi) is 3.27. The Morgan fingerprint density at radius 1 is 1.47 bits per heavy atom. The Morgan fingerprint density at radius 2 is 2.37 bits per heavy atom. The van der Waals surface area contributed by atoms with E-state index in [1.54, 1.807) is 17.5 Å². The van der Waals surface area contributed by atoms with Crippen LogP contribution in [0.4, 0.5) is 0 Å². The first kappa shape index (κ1) is 12.3. The topological polar surface area (TPSA) is 77.8 Å². The average molecular weight is 274 g/mol. The largest absolute Gasteiger partial charge is 0.339 e. The minimum atomic E-state index is 0.138. The van der Waals surface area contributed by atoms with Crippen molar-refractivity contribution in [1.29, 1.82) is 0 Å². The van der Waals surface area contributed by atoms with Crippen molar-refractivity contribution in [1.82, 2.24) is 15.1 Å². The van der Waals surface area contributed by atoms with Crippen LogP contribution in [0.15, 0.2) is 28.2 Å². The lowest BCUT2D eigenvalue weighted by Gasteiger charge is -1.99. The van der Waals surface area contributed by atoms with Crippen LogP contribution in [0.25, 0.3) is 21.6 Å². The molecule has 3 heterocycles. The van der Waals surface area contributed by atoms with Gasteiger partial charge in [-0.2, -0.15) is 4.98 Å². The minimum absolute atomic E-state index is 0.138. The molecule has 6 heteroatoms. The molecule has 0 aliphatic heterocycles. The molecule has 0 radical (unpaired) electrons. The molecule has 0 saturated heterocycles. The first-order chi connectivity index (χ1) is 9.22. The summed E-state index contributed by atoms with van der Waals surface area (Å²) >= 11 is 1.65. The number of hydrogen-bond donors (Lipinski definition) is 1. The Hall–Kier alpha value is -1.79. The third kappa shape index (κ3) is 2.64. The molecular formula is C13H14N4OS. The molecule has 3 aromatic heterocycles. The van der Waals surface area contributed by atoms with E-state index in [2.05, 4.69) is 15.1 Å². The maximum atomic E-state index is 5.71. The van der Waals surface area contributed by atoms with Gasteiger partial charge < -0.3 is 10.3 Å². The third-order valence-electron chi connectivity index (χ3n) is 2.84. The number of fused-ring (bicyclic) bond motifs is 1. The van der Waals surface area contributed by atoms with Crippen molar-refractivity contribution >= 4 is 21.6 Å². The zero-order chi connectivity index (χ0) is 13.2. The highest BCUT2D eigenvalue weighted by molar-refractivity contribution is 7.17. The summed E-state index contributed by atoms with van der Waals surface area (Å²) in [6, 6.07) is 4.17. The Labute approximate surface area is 114 Å². The van der Waals surface area contributed by atoms with Crippen LogP contribution >= 0.6 is 11.3 Å². The van der Waals surface area contributed by atoms with Crippen molar-refractivity contribution in [3.05, 3.63) is 29.6 Å². The van der Waals surface area contributed by atoms with Crippen LogP contribution in [0, 0.1) is 0 Å². The van der Waals surface area contributed by atoms with E-state index in [1.165, 1.54) is 0 Å². The predicted molar refractivity (Wildman–Crippen MR) is 74.9 cm³/mol. The van der Waals surface area contributed by atoms with Crippen molar-refractivity contribution in [3.8, 4) is 11.4 Å². The number of aryl methyl sites for hydroxylation is 1. The van der Waals surface area contributed by atoms with E-state index in [1.807, 2.05) is 24.4 Å². The molecule has 0 saturated carbocycles. The van der Waals surface area contributed by atoms with Crippen molar-refractivity contribution < 1.29 is 4.52 Å². The molecule has 98 valence electrons. The van der Waals surface area contributed by atoms with Gasteiger partial charge in [-0.15, -0.1) is 11.3 Å². The smallest absolute Gasteiger partial charge is 0.227 e. The predicted octanol–water partition coefficient (Wildman–Crippen LogP) is 2.63. The van der Waals surface area contributed by atoms with E-state index < -0.39 is 0 Å². The summed E-state index contributed by atoms with van der Waals surface area (Å²) in [5.41, 5.74) is 7.59. The maximum Gasteiger partial charge on any atom is 0.227 e. The second-order valence-corrected chi connectivity index (χ2v) is 5.50. The highest BCUT2D eigenvalue weighted by atomic mass is 32.1. The Bertz CT molecular complexity index is 689. The summed E-state index contributed by atoms with van der Waals surface area (Å²) < 4.78 is 6.35. The molecule has 3 rings (SSSR count). The lowest BCUT2D eigenvalue weighted by atomic mass is 10.2. The molecule has 0 amide bonds. The first-order valence-electron chi connectivity index (χ1n) is 6.14. The molecule has 3 aromatic rings. The summed E-state index contributed by atoms with van der Waals surface area (Å²) in [5, 5.41) is 6.01. The molecule has 5 nitrogen and oxygen atoms in total. The van der Waals surface area contributed by atoms with Gasteiger partial charge in [0.05, 0.1) is 10.2 Å². The second-order valence-electron chi connectivity index (χ2n) is 4.56. The number of thiophene rings is 1. The highest BCUT2D eigenvalue weighted by Gasteiger charge is 2.10. The zero-order valence-corrected chi connectivity index (χ0v) is 11.4. The third-order valence-corrected chi connectivity index (χ3v) is 3.70. The van der Waals surface area contributed by atoms with E-state index in [-0.39, 0.29) is 6.04 Å². The van der Waals surface area contributed by atoms with Gasteiger partial charge >= 0.3 is 0 Å². The van der Waals surface area contributed by atoms with Gasteiger partial charge in [0, 0.05) is 24.2 Å². The lowest BCUT2D eigenvalue weighted by molar-refractivity contribution is 0.372. The van der Waals surface area contributed by atoms with Gasteiger partial charge in [0.25, 0.3) is 0 Å². The normalized spacial score (nSPS) is 12.9. The summed E-state index contributed by atoms with van der Waals surface area (Å²) in [4.78, 5) is 8.74. The zero-order valence-electron chi connectivity index (χ0n) is 10.5. The van der Waals surface area contributed by atoms with E-state index >= 15 is 0 Å². The summed E-state index contributed by atoms with van der Waals surface area (Å²) in [7, 11) is 0. The summed E-state index contributed by atoms with van der Waals surface area (Å²) in [6.45, 7) is 1.96. The molecule has 0 fully saturated rings. The minimum Gasteiger partial charge on any atom is -0.339 e. The highest BCUT2D eigenvalue weighted by Crippen LogP contribution is 2.24. The van der Waals surface area contributed by atoms with Crippen LogP contribution in [-0.4, -0.2) is 21.2 Å². The van der Waals surface area contributed by atoms with Crippen molar-refractivity contribution in [3.63, 3.8) is 0 Å². The van der Waals surface area contributed by atoms with Crippen molar-refractivity contribution in [2.45, 2.75) is 25.8 Å². The summed E-state index contributed by atoms with van der Waals surface area (Å²) in [6.07, 6.45) is 3.32. The average Bonchev–Trinajstić information content (AvgIpc) is 3.04. The van der Waals surface area contributed by atoms with Gasteiger partial charge in [-0.25, -0.2) is 0 Å². The van der Waals surface area contributed by atoms with Crippen LogP contribution in [0.2, 0.25) is 0 Å². The molecule has 0 aromatic carbocycles. The lowest BCUT2D eigenvalue weighted by Crippen LogP contribution is -2.15. The first-order valence-corrected chi connectivity index (χ1v) is 7.02. The fraction of sp³-hybridized carbons (Fsp3) is 0.308. The standard InChI is InChI=1S/C13H14N4OS/c1-8(14)2-3-12-16-13(17-18-12)9-6-11-10(15-7-9)4-5-19-11/h4-8H,2-3,14H2,1H3. The quantitative estimate of drug-likeness (QED) is 0.791. The van der Waals surface area contributed by atoms with E-state index in [9.17, 15) is 0 Å². The second kappa shape index (κ2) is 5.07. The number of nitrogens with zero attached hydrogens (tertiary/aromatic N) is 3. The molecule has 0 aliphatic carbocycles. The molecule has 0 aliphatic rings. The van der Waals surface area contributed by atoms with Crippen LogP contribution < -0.4 is 5.73 Å². The molecule has 19 heavy (non-hydrogen) atoms.